The number of ether oxygens (including phenoxy) is 1. The lowest BCUT2D eigenvalue weighted by Crippen LogP contribution is -2.32. The van der Waals surface area contributed by atoms with Gasteiger partial charge in [-0.05, 0) is 49.6 Å². The van der Waals surface area contributed by atoms with Crippen molar-refractivity contribution in [3.05, 3.63) is 60.4 Å². The molecular formula is C22H26N4O4S. The van der Waals surface area contributed by atoms with Gasteiger partial charge in [0.1, 0.15) is 0 Å². The molecular weight excluding hydrogens is 416 g/mol. The average molecular weight is 443 g/mol. The maximum absolute atomic E-state index is 12.6. The van der Waals surface area contributed by atoms with Crippen LogP contribution in [-0.2, 0) is 21.3 Å². The summed E-state index contributed by atoms with van der Waals surface area (Å²) in [6, 6.07) is 14.0. The number of imidazole rings is 1. The van der Waals surface area contributed by atoms with Gasteiger partial charge in [-0.2, -0.15) is 0 Å². The van der Waals surface area contributed by atoms with Crippen molar-refractivity contribution in [2.45, 2.75) is 36.8 Å². The van der Waals surface area contributed by atoms with Crippen LogP contribution in [0.3, 0.4) is 0 Å². The molecule has 164 valence electrons. The molecule has 1 aliphatic rings. The lowest BCUT2D eigenvalue weighted by atomic mass is 10.2. The number of carbonyl (C=O) groups excluding carboxylic acids is 1. The third-order valence-corrected chi connectivity index (χ3v) is 6.74. The molecule has 0 spiro atoms. The fourth-order valence-electron chi connectivity index (χ4n) is 3.64. The molecule has 1 saturated heterocycles. The van der Waals surface area contributed by atoms with E-state index in [0.29, 0.717) is 18.7 Å². The maximum atomic E-state index is 12.6. The van der Waals surface area contributed by atoms with Crippen molar-refractivity contribution in [3.8, 4) is 0 Å². The van der Waals surface area contributed by atoms with E-state index in [4.69, 9.17) is 4.74 Å². The molecule has 31 heavy (non-hydrogen) atoms. The minimum Gasteiger partial charge on any atom is -0.377 e. The Bertz CT molecular complexity index is 1150. The van der Waals surface area contributed by atoms with Crippen molar-refractivity contribution < 1.29 is 17.9 Å². The average Bonchev–Trinajstić information content (AvgIpc) is 3.45. The first-order valence-corrected chi connectivity index (χ1v) is 11.9. The van der Waals surface area contributed by atoms with E-state index >= 15 is 0 Å². The van der Waals surface area contributed by atoms with Crippen molar-refractivity contribution >= 4 is 27.0 Å². The van der Waals surface area contributed by atoms with Crippen LogP contribution < -0.4 is 10.0 Å². The highest BCUT2D eigenvalue weighted by atomic mass is 32.2. The summed E-state index contributed by atoms with van der Waals surface area (Å²) in [6.45, 7) is 2.10. The van der Waals surface area contributed by atoms with Gasteiger partial charge in [0.25, 0.3) is 5.91 Å². The predicted molar refractivity (Wildman–Crippen MR) is 117 cm³/mol. The number of hydrogen-bond donors (Lipinski definition) is 2. The first-order chi connectivity index (χ1) is 15.0. The molecule has 0 bridgehead atoms. The van der Waals surface area contributed by atoms with Gasteiger partial charge in [0, 0.05) is 31.8 Å². The molecule has 1 aromatic heterocycles. The largest absolute Gasteiger partial charge is 0.377 e. The number of nitrogens with zero attached hydrogens (tertiary/aromatic N) is 2. The number of hydrogen-bond acceptors (Lipinski definition) is 5. The van der Waals surface area contributed by atoms with Crippen LogP contribution in [0.1, 0.15) is 29.6 Å². The van der Waals surface area contributed by atoms with E-state index in [9.17, 15) is 13.2 Å². The molecule has 2 aromatic carbocycles. The van der Waals surface area contributed by atoms with Crippen LogP contribution in [0.25, 0.3) is 11.0 Å². The lowest BCUT2D eigenvalue weighted by Gasteiger charge is -2.12. The Labute approximate surface area is 181 Å². The zero-order valence-electron chi connectivity index (χ0n) is 17.2. The van der Waals surface area contributed by atoms with E-state index in [-0.39, 0.29) is 23.5 Å². The number of carbonyl (C=O) groups is 1. The van der Waals surface area contributed by atoms with Gasteiger partial charge < -0.3 is 14.6 Å². The number of para-hydroxylation sites is 2. The number of sulfonamides is 1. The van der Waals surface area contributed by atoms with Gasteiger partial charge in [-0.3, -0.25) is 4.79 Å². The van der Waals surface area contributed by atoms with Crippen molar-refractivity contribution in [2.24, 2.45) is 0 Å². The number of nitrogens with one attached hydrogen (secondary N) is 2. The number of aryl methyl sites for hydroxylation is 1. The van der Waals surface area contributed by atoms with Gasteiger partial charge in [0.15, 0.2) is 0 Å². The van der Waals surface area contributed by atoms with Crippen LogP contribution in [0, 0.1) is 0 Å². The molecule has 1 atom stereocenters. The Morgan fingerprint density at radius 2 is 2.06 bits per heavy atom. The molecule has 8 nitrogen and oxygen atoms in total. The fraction of sp³-hybridized carbons (Fsp3) is 0.364. The number of fused-ring (bicyclic) bond motifs is 1. The van der Waals surface area contributed by atoms with Crippen molar-refractivity contribution in [1.29, 1.82) is 0 Å². The van der Waals surface area contributed by atoms with E-state index in [0.717, 1.165) is 36.8 Å². The summed E-state index contributed by atoms with van der Waals surface area (Å²) in [5, 5.41) is 2.86. The monoisotopic (exact) mass is 442 g/mol. The third kappa shape index (κ3) is 5.30. The van der Waals surface area contributed by atoms with Crippen LogP contribution in [0.5, 0.6) is 0 Å². The van der Waals surface area contributed by atoms with Crippen molar-refractivity contribution in [3.63, 3.8) is 0 Å². The van der Waals surface area contributed by atoms with Crippen LogP contribution in [0.2, 0.25) is 0 Å². The second-order valence-corrected chi connectivity index (χ2v) is 9.32. The van der Waals surface area contributed by atoms with Gasteiger partial charge in [0.2, 0.25) is 10.0 Å². The van der Waals surface area contributed by atoms with E-state index in [1.54, 1.807) is 18.5 Å². The zero-order valence-corrected chi connectivity index (χ0v) is 18.0. The van der Waals surface area contributed by atoms with Gasteiger partial charge in [-0.25, -0.2) is 18.1 Å². The third-order valence-electron chi connectivity index (χ3n) is 5.32. The van der Waals surface area contributed by atoms with Gasteiger partial charge in [-0.1, -0.05) is 18.2 Å². The summed E-state index contributed by atoms with van der Waals surface area (Å²) in [6.07, 6.45) is 4.23. The van der Waals surface area contributed by atoms with Crippen LogP contribution in [0.4, 0.5) is 0 Å². The quantitative estimate of drug-likeness (QED) is 0.495. The summed E-state index contributed by atoms with van der Waals surface area (Å²) in [5.74, 6) is -0.299. The van der Waals surface area contributed by atoms with Crippen molar-refractivity contribution in [2.75, 3.05) is 19.7 Å². The highest BCUT2D eigenvalue weighted by Gasteiger charge is 2.21. The second kappa shape index (κ2) is 9.59. The maximum Gasteiger partial charge on any atom is 0.251 e. The number of amides is 1. The Hall–Kier alpha value is -2.75. The summed E-state index contributed by atoms with van der Waals surface area (Å²) < 4.78 is 35.2. The second-order valence-electron chi connectivity index (χ2n) is 7.55. The highest BCUT2D eigenvalue weighted by molar-refractivity contribution is 7.89. The lowest BCUT2D eigenvalue weighted by molar-refractivity contribution is 0.0952. The van der Waals surface area contributed by atoms with Gasteiger partial charge >= 0.3 is 0 Å². The minimum absolute atomic E-state index is 0.0723. The Morgan fingerprint density at radius 3 is 2.90 bits per heavy atom. The topological polar surface area (TPSA) is 102 Å². The molecule has 0 aliphatic carbocycles. The summed E-state index contributed by atoms with van der Waals surface area (Å²) in [4.78, 5) is 16.9. The Kier molecular flexibility index (Phi) is 6.64. The molecule has 2 heterocycles. The molecule has 1 amide bonds. The summed E-state index contributed by atoms with van der Waals surface area (Å²) in [5.41, 5.74) is 2.31. The van der Waals surface area contributed by atoms with E-state index in [1.165, 1.54) is 12.1 Å². The first kappa shape index (κ1) is 21.5. The molecule has 3 aromatic rings. The molecule has 1 aliphatic heterocycles. The van der Waals surface area contributed by atoms with Crippen LogP contribution in [0.15, 0.2) is 59.8 Å². The Morgan fingerprint density at radius 1 is 1.19 bits per heavy atom. The summed E-state index contributed by atoms with van der Waals surface area (Å²) in [7, 11) is -3.70. The normalized spacial score (nSPS) is 16.6. The van der Waals surface area contributed by atoms with E-state index < -0.39 is 10.0 Å². The smallest absolute Gasteiger partial charge is 0.251 e. The van der Waals surface area contributed by atoms with E-state index in [1.807, 2.05) is 24.3 Å². The molecule has 0 radical (unpaired) electrons. The first-order valence-electron chi connectivity index (χ1n) is 10.4. The molecule has 0 saturated carbocycles. The molecule has 1 fully saturated rings. The SMILES string of the molecule is O=C(NCCCn1cnc2ccccc21)c1cccc(S(=O)(=O)NCC2CCCO2)c1. The Balaban J connectivity index is 1.30. The van der Waals surface area contributed by atoms with Gasteiger partial charge in [0.05, 0.1) is 28.4 Å². The van der Waals surface area contributed by atoms with Crippen LogP contribution in [-0.4, -0.2) is 49.7 Å². The predicted octanol–water partition coefficient (Wildman–Crippen LogP) is 2.31. The van der Waals surface area contributed by atoms with Crippen molar-refractivity contribution in [1.82, 2.24) is 19.6 Å². The zero-order chi connectivity index (χ0) is 21.7. The number of rotatable bonds is 9. The molecule has 4 rings (SSSR count). The minimum atomic E-state index is -3.70. The highest BCUT2D eigenvalue weighted by Crippen LogP contribution is 2.15. The standard InChI is InChI=1S/C22H26N4O4S/c27-22(23-11-5-12-26-16-24-20-9-1-2-10-21(20)26)17-6-3-8-19(14-17)31(28,29)25-15-18-7-4-13-30-18/h1-3,6,8-10,14,16,18,25H,4-5,7,11-13,15H2,(H,23,27). The molecule has 9 heteroatoms. The van der Waals surface area contributed by atoms with Crippen LogP contribution >= 0.6 is 0 Å². The molecule has 2 N–H and O–H groups in total. The number of benzene rings is 2. The summed E-state index contributed by atoms with van der Waals surface area (Å²) >= 11 is 0. The number of aromatic nitrogens is 2. The fourth-order valence-corrected chi connectivity index (χ4v) is 4.75. The van der Waals surface area contributed by atoms with Gasteiger partial charge in [-0.15, -0.1) is 0 Å². The molecule has 1 unspecified atom stereocenters. The van der Waals surface area contributed by atoms with E-state index in [2.05, 4.69) is 19.6 Å².